The van der Waals surface area contributed by atoms with Crippen LogP contribution in [0.25, 0.3) is 0 Å². The number of carbonyl (C=O) groups excluding carboxylic acids is 1. The number of piperidine rings is 1. The number of amides is 1. The van der Waals surface area contributed by atoms with Gasteiger partial charge in [0.15, 0.2) is 4.77 Å². The Morgan fingerprint density at radius 3 is 2.55 bits per heavy atom. The van der Waals surface area contributed by atoms with Gasteiger partial charge in [-0.1, -0.05) is 12.1 Å². The van der Waals surface area contributed by atoms with Crippen molar-refractivity contribution in [3.05, 3.63) is 40.4 Å². The number of H-pyrrole nitrogens is 1. The number of nitrogens with zero attached hydrogens (tertiary/aromatic N) is 4. The van der Waals surface area contributed by atoms with Crippen LogP contribution in [-0.4, -0.2) is 65.0 Å². The van der Waals surface area contributed by atoms with E-state index in [1.165, 1.54) is 0 Å². The molecule has 156 valence electrons. The summed E-state index contributed by atoms with van der Waals surface area (Å²) in [6, 6.07) is 8.22. The Morgan fingerprint density at radius 1 is 1.17 bits per heavy atom. The monoisotopic (exact) mass is 415 g/mol. The van der Waals surface area contributed by atoms with E-state index in [9.17, 15) is 4.79 Å². The van der Waals surface area contributed by atoms with Gasteiger partial charge in [-0.25, -0.2) is 0 Å². The Morgan fingerprint density at radius 2 is 1.86 bits per heavy atom. The first-order valence-electron chi connectivity index (χ1n) is 10.4. The Labute approximate surface area is 176 Å². The summed E-state index contributed by atoms with van der Waals surface area (Å²) < 4.78 is 8.24. The van der Waals surface area contributed by atoms with Crippen LogP contribution in [0.4, 0.5) is 5.69 Å². The van der Waals surface area contributed by atoms with Crippen LogP contribution < -0.4 is 4.90 Å². The minimum atomic E-state index is 0.119. The van der Waals surface area contributed by atoms with Gasteiger partial charge in [0.25, 0.3) is 5.91 Å². The molecular formula is C21H29N5O2S. The van der Waals surface area contributed by atoms with Crippen LogP contribution in [0.1, 0.15) is 54.8 Å². The SMILES string of the molecule is CC(C)n1c(C2CCN(C(=O)c3ccccc3N3CCOCC3)CC2)n[nH]c1=S. The van der Waals surface area contributed by atoms with Crippen molar-refractivity contribution in [1.82, 2.24) is 19.7 Å². The summed E-state index contributed by atoms with van der Waals surface area (Å²) in [7, 11) is 0. The number of morpholine rings is 1. The summed E-state index contributed by atoms with van der Waals surface area (Å²) in [6.45, 7) is 8.77. The van der Waals surface area contributed by atoms with Crippen LogP contribution in [0.2, 0.25) is 0 Å². The molecule has 0 unspecified atom stereocenters. The van der Waals surface area contributed by atoms with Crippen LogP contribution in [0.15, 0.2) is 24.3 Å². The fourth-order valence-electron chi connectivity index (χ4n) is 4.35. The second kappa shape index (κ2) is 8.67. The van der Waals surface area contributed by atoms with Crippen LogP contribution in [-0.2, 0) is 4.74 Å². The number of benzene rings is 1. The minimum Gasteiger partial charge on any atom is -0.378 e. The third kappa shape index (κ3) is 4.09. The second-order valence-electron chi connectivity index (χ2n) is 8.03. The molecule has 2 aliphatic rings. The average molecular weight is 416 g/mol. The number of aromatic amines is 1. The van der Waals surface area contributed by atoms with Crippen LogP contribution >= 0.6 is 12.2 Å². The van der Waals surface area contributed by atoms with Gasteiger partial charge in [0.05, 0.1) is 18.8 Å². The number of hydrogen-bond donors (Lipinski definition) is 1. The Balaban J connectivity index is 1.47. The Hall–Kier alpha value is -2.19. The number of anilines is 1. The summed E-state index contributed by atoms with van der Waals surface area (Å²) in [5.74, 6) is 1.46. The van der Waals surface area contributed by atoms with Crippen molar-refractivity contribution in [3.63, 3.8) is 0 Å². The van der Waals surface area contributed by atoms with Gasteiger partial charge in [-0.2, -0.15) is 5.10 Å². The van der Waals surface area contributed by atoms with Crippen LogP contribution in [0.3, 0.4) is 0 Å². The molecule has 1 N–H and O–H groups in total. The van der Waals surface area contributed by atoms with E-state index < -0.39 is 0 Å². The molecule has 2 saturated heterocycles. The molecule has 4 rings (SSSR count). The first-order chi connectivity index (χ1) is 14.1. The van der Waals surface area contributed by atoms with Crippen molar-refractivity contribution in [2.75, 3.05) is 44.3 Å². The van der Waals surface area contributed by atoms with E-state index in [4.69, 9.17) is 17.0 Å². The van der Waals surface area contributed by atoms with E-state index >= 15 is 0 Å². The molecule has 2 aromatic rings. The number of ether oxygens (including phenoxy) is 1. The molecule has 0 saturated carbocycles. The van der Waals surface area contributed by atoms with Crippen molar-refractivity contribution in [1.29, 1.82) is 0 Å². The molecule has 3 heterocycles. The second-order valence-corrected chi connectivity index (χ2v) is 8.42. The van der Waals surface area contributed by atoms with E-state index in [1.807, 2.05) is 29.2 Å². The summed E-state index contributed by atoms with van der Waals surface area (Å²) >= 11 is 5.39. The zero-order valence-corrected chi connectivity index (χ0v) is 18.0. The maximum Gasteiger partial charge on any atom is 0.255 e. The molecule has 0 bridgehead atoms. The molecule has 2 aliphatic heterocycles. The van der Waals surface area contributed by atoms with Crippen LogP contribution in [0.5, 0.6) is 0 Å². The van der Waals surface area contributed by atoms with Gasteiger partial charge >= 0.3 is 0 Å². The number of hydrogen-bond acceptors (Lipinski definition) is 5. The number of rotatable bonds is 4. The maximum atomic E-state index is 13.3. The zero-order valence-electron chi connectivity index (χ0n) is 17.1. The van der Waals surface area contributed by atoms with Gasteiger partial charge in [-0.15, -0.1) is 0 Å². The lowest BCUT2D eigenvalue weighted by molar-refractivity contribution is 0.0709. The first-order valence-corrected chi connectivity index (χ1v) is 10.8. The van der Waals surface area contributed by atoms with E-state index in [2.05, 4.69) is 33.5 Å². The highest BCUT2D eigenvalue weighted by Crippen LogP contribution is 2.30. The van der Waals surface area contributed by atoms with E-state index in [0.29, 0.717) is 23.9 Å². The third-order valence-electron chi connectivity index (χ3n) is 5.88. The molecule has 8 heteroatoms. The molecule has 0 atom stereocenters. The van der Waals surface area contributed by atoms with Crippen LogP contribution in [0, 0.1) is 4.77 Å². The lowest BCUT2D eigenvalue weighted by Crippen LogP contribution is -2.41. The summed E-state index contributed by atoms with van der Waals surface area (Å²) in [6.07, 6.45) is 1.80. The van der Waals surface area contributed by atoms with Gasteiger partial charge < -0.3 is 19.1 Å². The minimum absolute atomic E-state index is 0.119. The maximum absolute atomic E-state index is 13.3. The van der Waals surface area contributed by atoms with Gasteiger partial charge in [0.1, 0.15) is 5.82 Å². The predicted molar refractivity (Wildman–Crippen MR) is 115 cm³/mol. The summed E-state index contributed by atoms with van der Waals surface area (Å²) in [5, 5.41) is 7.43. The third-order valence-corrected chi connectivity index (χ3v) is 6.17. The fourth-order valence-corrected chi connectivity index (χ4v) is 4.70. The van der Waals surface area contributed by atoms with Gasteiger partial charge in [-0.3, -0.25) is 9.89 Å². The first kappa shape index (κ1) is 20.1. The molecule has 29 heavy (non-hydrogen) atoms. The molecular weight excluding hydrogens is 386 g/mol. The number of likely N-dealkylation sites (tertiary alicyclic amines) is 1. The summed E-state index contributed by atoms with van der Waals surface area (Å²) in [4.78, 5) is 17.5. The molecule has 0 radical (unpaired) electrons. The van der Waals surface area contributed by atoms with Gasteiger partial charge in [0.2, 0.25) is 0 Å². The Kier molecular flexibility index (Phi) is 6.01. The van der Waals surface area contributed by atoms with Gasteiger partial charge in [-0.05, 0) is 51.0 Å². The highest BCUT2D eigenvalue weighted by Gasteiger charge is 2.29. The number of carbonyl (C=O) groups is 1. The van der Waals surface area contributed by atoms with Crippen molar-refractivity contribution in [2.45, 2.75) is 38.6 Å². The molecule has 2 fully saturated rings. The molecule has 1 amide bonds. The summed E-state index contributed by atoms with van der Waals surface area (Å²) in [5.41, 5.74) is 1.81. The highest BCUT2D eigenvalue weighted by molar-refractivity contribution is 7.71. The highest BCUT2D eigenvalue weighted by atomic mass is 32.1. The van der Waals surface area contributed by atoms with Crippen molar-refractivity contribution < 1.29 is 9.53 Å². The molecule has 0 spiro atoms. The number of nitrogens with one attached hydrogen (secondary N) is 1. The van der Waals surface area contributed by atoms with Crippen molar-refractivity contribution >= 4 is 23.8 Å². The topological polar surface area (TPSA) is 66.4 Å². The van der Waals surface area contributed by atoms with E-state index in [-0.39, 0.29) is 11.9 Å². The van der Waals surface area contributed by atoms with E-state index in [0.717, 1.165) is 56.1 Å². The predicted octanol–water partition coefficient (Wildman–Crippen LogP) is 3.38. The lowest BCUT2D eigenvalue weighted by atomic mass is 9.95. The lowest BCUT2D eigenvalue weighted by Gasteiger charge is -2.34. The van der Waals surface area contributed by atoms with Gasteiger partial charge in [0, 0.05) is 43.8 Å². The number of para-hydroxylation sites is 1. The zero-order chi connectivity index (χ0) is 20.4. The fraction of sp³-hybridized carbons (Fsp3) is 0.571. The normalized spacial score (nSPS) is 18.4. The largest absolute Gasteiger partial charge is 0.378 e. The van der Waals surface area contributed by atoms with Crippen molar-refractivity contribution in [2.24, 2.45) is 0 Å². The molecule has 1 aromatic heterocycles. The molecule has 1 aromatic carbocycles. The quantitative estimate of drug-likeness (QED) is 0.776. The molecule has 0 aliphatic carbocycles. The molecule has 7 nitrogen and oxygen atoms in total. The standard InChI is InChI=1S/C21H29N5O2S/c1-15(2)26-19(22-23-21(26)29)16-7-9-25(10-8-16)20(27)17-5-3-4-6-18(17)24-11-13-28-14-12-24/h3-6,15-16H,7-14H2,1-2H3,(H,23,29). The van der Waals surface area contributed by atoms with Crippen molar-refractivity contribution in [3.8, 4) is 0 Å². The van der Waals surface area contributed by atoms with E-state index in [1.54, 1.807) is 0 Å². The average Bonchev–Trinajstić information content (AvgIpc) is 3.15. The smallest absolute Gasteiger partial charge is 0.255 e. The Bertz CT molecular complexity index is 908. The number of aromatic nitrogens is 3.